The van der Waals surface area contributed by atoms with E-state index in [1.54, 1.807) is 4.52 Å². The van der Waals surface area contributed by atoms with E-state index in [0.29, 0.717) is 5.78 Å². The molecule has 0 bridgehead atoms. The van der Waals surface area contributed by atoms with Gasteiger partial charge in [-0.25, -0.2) is 4.98 Å². The first kappa shape index (κ1) is 9.15. The summed E-state index contributed by atoms with van der Waals surface area (Å²) in [4.78, 5) is 8.81. The summed E-state index contributed by atoms with van der Waals surface area (Å²) in [6.07, 6.45) is 4.55. The molecule has 0 fully saturated rings. The highest BCUT2D eigenvalue weighted by Gasteiger charge is 2.17. The molecule has 0 atom stereocenters. The minimum Gasteiger partial charge on any atom is -0.216 e. The van der Waals surface area contributed by atoms with Gasteiger partial charge in [0.15, 0.2) is 0 Å². The van der Waals surface area contributed by atoms with Crippen LogP contribution in [0.15, 0.2) is 5.03 Å². The summed E-state index contributed by atoms with van der Waals surface area (Å²) in [5, 5.41) is 5.20. The molecule has 4 nitrogen and oxygen atoms in total. The summed E-state index contributed by atoms with van der Waals surface area (Å²) >= 11 is 4.54. The van der Waals surface area contributed by atoms with Gasteiger partial charge < -0.3 is 0 Å². The van der Waals surface area contributed by atoms with Crippen molar-refractivity contribution in [3.8, 4) is 0 Å². The lowest BCUT2D eigenvalue weighted by molar-refractivity contribution is 0.635. The molecule has 2 aromatic rings. The quantitative estimate of drug-likeness (QED) is 0.541. The molecule has 0 saturated carbocycles. The zero-order chi connectivity index (χ0) is 10.4. The van der Waals surface area contributed by atoms with E-state index in [9.17, 15) is 0 Å². The summed E-state index contributed by atoms with van der Waals surface area (Å²) in [6.45, 7) is 1.88. The minimum absolute atomic E-state index is 0.679. The zero-order valence-corrected chi connectivity index (χ0v) is 9.46. The summed E-state index contributed by atoms with van der Waals surface area (Å²) in [6, 6.07) is 0. The van der Waals surface area contributed by atoms with E-state index in [2.05, 4.69) is 27.7 Å². The Morgan fingerprint density at radius 2 is 2.00 bits per heavy atom. The fourth-order valence-corrected chi connectivity index (χ4v) is 2.50. The van der Waals surface area contributed by atoms with Gasteiger partial charge in [0.1, 0.15) is 10.9 Å². The smallest absolute Gasteiger partial charge is 0.216 e. The Labute approximate surface area is 93.2 Å². The van der Waals surface area contributed by atoms with E-state index in [-0.39, 0.29) is 0 Å². The topological polar surface area (TPSA) is 43.1 Å². The van der Waals surface area contributed by atoms with Crippen molar-refractivity contribution in [1.82, 2.24) is 19.6 Å². The molecule has 2 aromatic heterocycles. The number of fused-ring (bicyclic) bond motifs is 2. The molecule has 1 aliphatic carbocycles. The second-order valence-corrected chi connectivity index (χ2v) is 4.36. The van der Waals surface area contributed by atoms with Gasteiger partial charge in [0, 0.05) is 5.56 Å². The second kappa shape index (κ2) is 3.20. The van der Waals surface area contributed by atoms with Crippen LogP contribution in [-0.4, -0.2) is 19.6 Å². The van der Waals surface area contributed by atoms with Gasteiger partial charge in [-0.05, 0) is 32.6 Å². The molecule has 0 radical (unpaired) electrons. The second-order valence-electron chi connectivity index (χ2n) is 3.94. The summed E-state index contributed by atoms with van der Waals surface area (Å²) in [7, 11) is 0. The highest BCUT2D eigenvalue weighted by molar-refractivity contribution is 7.80. The van der Waals surface area contributed by atoms with Crippen LogP contribution in [0.2, 0.25) is 0 Å². The molecular formula is C10H12N4S. The highest BCUT2D eigenvalue weighted by Crippen LogP contribution is 2.25. The zero-order valence-electron chi connectivity index (χ0n) is 8.56. The largest absolute Gasteiger partial charge is 0.253 e. The maximum atomic E-state index is 4.54. The molecule has 0 aliphatic heterocycles. The van der Waals surface area contributed by atoms with E-state index in [1.807, 2.05) is 6.92 Å². The standard InChI is InChI=1S/C10H12N4S/c1-6-11-10-12-8-5-3-2-4-7(8)9(15)14(10)13-6/h15H,2-5H2,1H3. The Morgan fingerprint density at radius 3 is 2.87 bits per heavy atom. The molecule has 3 rings (SSSR count). The molecule has 0 saturated heterocycles. The third-order valence-electron chi connectivity index (χ3n) is 2.84. The van der Waals surface area contributed by atoms with Crippen LogP contribution in [0.1, 0.15) is 29.9 Å². The molecule has 0 aromatic carbocycles. The van der Waals surface area contributed by atoms with Crippen LogP contribution >= 0.6 is 12.6 Å². The molecule has 0 N–H and O–H groups in total. The minimum atomic E-state index is 0.679. The van der Waals surface area contributed by atoms with Gasteiger partial charge in [-0.3, -0.25) is 0 Å². The van der Waals surface area contributed by atoms with Crippen LogP contribution in [0.25, 0.3) is 5.78 Å². The van der Waals surface area contributed by atoms with Crippen molar-refractivity contribution in [2.24, 2.45) is 0 Å². The number of aryl methyl sites for hydroxylation is 2. The molecule has 5 heteroatoms. The van der Waals surface area contributed by atoms with Crippen LogP contribution in [0, 0.1) is 6.92 Å². The number of hydrogen-bond acceptors (Lipinski definition) is 4. The van der Waals surface area contributed by atoms with Crippen molar-refractivity contribution < 1.29 is 0 Å². The number of nitrogens with zero attached hydrogens (tertiary/aromatic N) is 4. The van der Waals surface area contributed by atoms with Gasteiger partial charge in [0.05, 0.1) is 5.69 Å². The lowest BCUT2D eigenvalue weighted by Gasteiger charge is -2.16. The van der Waals surface area contributed by atoms with Crippen LogP contribution in [-0.2, 0) is 12.8 Å². The average molecular weight is 220 g/mol. The molecule has 15 heavy (non-hydrogen) atoms. The lowest BCUT2D eigenvalue weighted by atomic mass is 9.97. The Hall–Kier alpha value is -1.10. The van der Waals surface area contributed by atoms with Gasteiger partial charge in [0.25, 0.3) is 5.78 Å². The summed E-state index contributed by atoms with van der Waals surface area (Å²) in [5.74, 6) is 1.43. The Kier molecular flexibility index (Phi) is 1.95. The average Bonchev–Trinajstić information content (AvgIpc) is 2.59. The van der Waals surface area contributed by atoms with E-state index in [4.69, 9.17) is 0 Å². The normalized spacial score (nSPS) is 15.6. The van der Waals surface area contributed by atoms with E-state index in [0.717, 1.165) is 29.4 Å². The van der Waals surface area contributed by atoms with Crippen molar-refractivity contribution >= 4 is 18.4 Å². The van der Waals surface area contributed by atoms with Gasteiger partial charge in [0.2, 0.25) is 0 Å². The predicted octanol–water partition coefficient (Wildman–Crippen LogP) is 1.60. The summed E-state index contributed by atoms with van der Waals surface area (Å²) in [5.41, 5.74) is 2.41. The molecule has 0 spiro atoms. The highest BCUT2D eigenvalue weighted by atomic mass is 32.1. The van der Waals surface area contributed by atoms with E-state index in [1.165, 1.54) is 18.4 Å². The Bertz CT molecular complexity index is 532. The fraction of sp³-hybridized carbons (Fsp3) is 0.500. The number of aromatic nitrogens is 4. The monoisotopic (exact) mass is 220 g/mol. The Morgan fingerprint density at radius 1 is 1.20 bits per heavy atom. The van der Waals surface area contributed by atoms with E-state index < -0.39 is 0 Å². The molecular weight excluding hydrogens is 208 g/mol. The summed E-state index contributed by atoms with van der Waals surface area (Å²) < 4.78 is 1.74. The van der Waals surface area contributed by atoms with Crippen LogP contribution in [0.3, 0.4) is 0 Å². The SMILES string of the molecule is Cc1nc2nc3c(c(S)n2n1)CCCC3. The van der Waals surface area contributed by atoms with Crippen LogP contribution < -0.4 is 0 Å². The first-order valence-corrected chi connectivity index (χ1v) is 5.64. The predicted molar refractivity (Wildman–Crippen MR) is 59.4 cm³/mol. The molecule has 0 unspecified atom stereocenters. The molecule has 1 aliphatic rings. The van der Waals surface area contributed by atoms with Gasteiger partial charge in [-0.2, -0.15) is 9.50 Å². The van der Waals surface area contributed by atoms with Crippen molar-refractivity contribution in [3.63, 3.8) is 0 Å². The Balaban J connectivity index is 2.35. The van der Waals surface area contributed by atoms with Gasteiger partial charge >= 0.3 is 0 Å². The number of thiol groups is 1. The third-order valence-corrected chi connectivity index (χ3v) is 3.30. The number of hydrogen-bond donors (Lipinski definition) is 1. The van der Waals surface area contributed by atoms with Crippen molar-refractivity contribution in [2.45, 2.75) is 37.6 Å². The molecule has 0 amide bonds. The van der Waals surface area contributed by atoms with Crippen molar-refractivity contribution in [1.29, 1.82) is 0 Å². The van der Waals surface area contributed by atoms with Gasteiger partial charge in [-0.15, -0.1) is 17.7 Å². The van der Waals surface area contributed by atoms with Crippen LogP contribution in [0.5, 0.6) is 0 Å². The van der Waals surface area contributed by atoms with Gasteiger partial charge in [-0.1, -0.05) is 0 Å². The van der Waals surface area contributed by atoms with Crippen LogP contribution in [0.4, 0.5) is 0 Å². The third kappa shape index (κ3) is 1.33. The molecule has 2 heterocycles. The van der Waals surface area contributed by atoms with Crippen molar-refractivity contribution in [3.05, 3.63) is 17.1 Å². The maximum Gasteiger partial charge on any atom is 0.253 e. The molecule has 78 valence electrons. The van der Waals surface area contributed by atoms with Crippen molar-refractivity contribution in [2.75, 3.05) is 0 Å². The van der Waals surface area contributed by atoms with E-state index >= 15 is 0 Å². The lowest BCUT2D eigenvalue weighted by Crippen LogP contribution is -2.10. The first-order valence-electron chi connectivity index (χ1n) is 5.20. The maximum absolute atomic E-state index is 4.54. The fourth-order valence-electron chi connectivity index (χ4n) is 2.12. The number of rotatable bonds is 0. The first-order chi connectivity index (χ1) is 7.25.